The molecule has 2 aromatic heterocycles. The lowest BCUT2D eigenvalue weighted by atomic mass is 9.97. The second-order valence-corrected chi connectivity index (χ2v) is 6.99. The summed E-state index contributed by atoms with van der Waals surface area (Å²) in [5, 5.41) is 9.12. The standard InChI is InChI=1S/C15H22N4OS/c1-10-17-18-14(20-10)8-5-9-19(3)13-7-4-6-12-15(13)21-11(2)16-12/h13H,4-9H2,1-3H3/t13-/m0/s1. The number of aryl methyl sites for hydroxylation is 4. The zero-order chi connectivity index (χ0) is 14.8. The largest absolute Gasteiger partial charge is 0.426 e. The highest BCUT2D eigenvalue weighted by molar-refractivity contribution is 7.11. The second kappa shape index (κ2) is 6.23. The second-order valence-electron chi connectivity index (χ2n) is 5.75. The van der Waals surface area contributed by atoms with Crippen molar-refractivity contribution in [2.45, 2.75) is 52.0 Å². The number of rotatable bonds is 5. The molecule has 21 heavy (non-hydrogen) atoms. The summed E-state index contributed by atoms with van der Waals surface area (Å²) in [6, 6.07) is 0.532. The molecule has 0 radical (unpaired) electrons. The monoisotopic (exact) mass is 306 g/mol. The minimum atomic E-state index is 0.532. The number of nitrogens with zero attached hydrogens (tertiary/aromatic N) is 4. The van der Waals surface area contributed by atoms with Crippen molar-refractivity contribution in [1.29, 1.82) is 0 Å². The molecule has 0 N–H and O–H groups in total. The maximum absolute atomic E-state index is 5.42. The molecular weight excluding hydrogens is 284 g/mol. The first-order valence-corrected chi connectivity index (χ1v) is 8.40. The van der Waals surface area contributed by atoms with Crippen LogP contribution >= 0.6 is 11.3 Å². The smallest absolute Gasteiger partial charge is 0.216 e. The van der Waals surface area contributed by atoms with E-state index in [9.17, 15) is 0 Å². The van der Waals surface area contributed by atoms with E-state index in [4.69, 9.17) is 4.42 Å². The SMILES string of the molecule is Cc1nnc(CCCN(C)[C@H]2CCCc3nc(C)sc32)o1. The van der Waals surface area contributed by atoms with E-state index in [0.717, 1.165) is 31.7 Å². The van der Waals surface area contributed by atoms with E-state index in [-0.39, 0.29) is 0 Å². The van der Waals surface area contributed by atoms with Crippen LogP contribution in [-0.4, -0.2) is 33.7 Å². The maximum Gasteiger partial charge on any atom is 0.216 e. The minimum absolute atomic E-state index is 0.532. The molecule has 0 aromatic carbocycles. The molecule has 5 nitrogen and oxygen atoms in total. The van der Waals surface area contributed by atoms with Gasteiger partial charge in [-0.25, -0.2) is 4.98 Å². The van der Waals surface area contributed by atoms with Crippen LogP contribution in [0.1, 0.15) is 52.7 Å². The zero-order valence-corrected chi connectivity index (χ0v) is 13.7. The van der Waals surface area contributed by atoms with E-state index >= 15 is 0 Å². The quantitative estimate of drug-likeness (QED) is 0.849. The first-order chi connectivity index (χ1) is 10.1. The molecule has 1 atom stereocenters. The van der Waals surface area contributed by atoms with Gasteiger partial charge in [0.2, 0.25) is 11.8 Å². The lowest BCUT2D eigenvalue weighted by Gasteiger charge is -2.30. The van der Waals surface area contributed by atoms with Crippen molar-refractivity contribution < 1.29 is 4.42 Å². The fourth-order valence-electron chi connectivity index (χ4n) is 3.01. The molecule has 0 aliphatic heterocycles. The van der Waals surface area contributed by atoms with Crippen LogP contribution in [0.4, 0.5) is 0 Å². The van der Waals surface area contributed by atoms with Crippen molar-refractivity contribution in [3.63, 3.8) is 0 Å². The normalized spacial score (nSPS) is 18.2. The van der Waals surface area contributed by atoms with Crippen LogP contribution in [0.5, 0.6) is 0 Å². The van der Waals surface area contributed by atoms with E-state index in [1.54, 1.807) is 0 Å². The van der Waals surface area contributed by atoms with Gasteiger partial charge in [0.05, 0.1) is 10.7 Å². The van der Waals surface area contributed by atoms with E-state index in [0.29, 0.717) is 11.9 Å². The molecule has 0 bridgehead atoms. The summed E-state index contributed by atoms with van der Waals surface area (Å²) < 4.78 is 5.42. The number of thiazole rings is 1. The molecule has 0 saturated carbocycles. The van der Waals surface area contributed by atoms with E-state index in [1.807, 2.05) is 18.3 Å². The molecule has 2 aromatic rings. The highest BCUT2D eigenvalue weighted by Gasteiger charge is 2.26. The Labute approximate surface area is 129 Å². The summed E-state index contributed by atoms with van der Waals surface area (Å²) in [7, 11) is 2.22. The molecule has 0 fully saturated rings. The van der Waals surface area contributed by atoms with Gasteiger partial charge in [0.1, 0.15) is 0 Å². The zero-order valence-electron chi connectivity index (χ0n) is 12.9. The van der Waals surface area contributed by atoms with Crippen LogP contribution < -0.4 is 0 Å². The molecule has 6 heteroatoms. The van der Waals surface area contributed by atoms with Crippen molar-refractivity contribution >= 4 is 11.3 Å². The first kappa shape index (κ1) is 14.7. The number of aromatic nitrogens is 3. The van der Waals surface area contributed by atoms with Gasteiger partial charge in [0, 0.05) is 24.3 Å². The average molecular weight is 306 g/mol. The minimum Gasteiger partial charge on any atom is -0.426 e. The number of fused-ring (bicyclic) bond motifs is 1. The van der Waals surface area contributed by atoms with E-state index in [2.05, 4.69) is 34.1 Å². The molecule has 2 heterocycles. The lowest BCUT2D eigenvalue weighted by molar-refractivity contribution is 0.220. The van der Waals surface area contributed by atoms with Gasteiger partial charge in [-0.3, -0.25) is 4.90 Å². The summed E-state index contributed by atoms with van der Waals surface area (Å²) in [6.07, 6.45) is 5.53. The summed E-state index contributed by atoms with van der Waals surface area (Å²) in [4.78, 5) is 8.61. The van der Waals surface area contributed by atoms with Crippen molar-refractivity contribution in [3.05, 3.63) is 27.4 Å². The Bertz CT molecular complexity index is 607. The van der Waals surface area contributed by atoms with Crippen molar-refractivity contribution in [3.8, 4) is 0 Å². The summed E-state index contributed by atoms with van der Waals surface area (Å²) in [6.45, 7) is 4.98. The van der Waals surface area contributed by atoms with Crippen LogP contribution in [0.25, 0.3) is 0 Å². The lowest BCUT2D eigenvalue weighted by Crippen LogP contribution is -2.28. The summed E-state index contributed by atoms with van der Waals surface area (Å²) >= 11 is 1.87. The Balaban J connectivity index is 1.57. The first-order valence-electron chi connectivity index (χ1n) is 7.59. The molecule has 3 rings (SSSR count). The van der Waals surface area contributed by atoms with Crippen LogP contribution in [0.15, 0.2) is 4.42 Å². The topological polar surface area (TPSA) is 55.1 Å². The van der Waals surface area contributed by atoms with Gasteiger partial charge >= 0.3 is 0 Å². The van der Waals surface area contributed by atoms with Gasteiger partial charge in [-0.2, -0.15) is 0 Å². The molecule has 114 valence electrons. The van der Waals surface area contributed by atoms with Crippen molar-refractivity contribution in [2.24, 2.45) is 0 Å². The van der Waals surface area contributed by atoms with Gasteiger partial charge in [0.15, 0.2) is 0 Å². The van der Waals surface area contributed by atoms with Crippen LogP contribution in [0.3, 0.4) is 0 Å². The molecular formula is C15H22N4OS. The Hall–Kier alpha value is -1.27. The van der Waals surface area contributed by atoms with Crippen molar-refractivity contribution in [2.75, 3.05) is 13.6 Å². The molecule has 0 saturated heterocycles. The Morgan fingerprint density at radius 2 is 2.19 bits per heavy atom. The van der Waals surface area contributed by atoms with Gasteiger partial charge in [-0.1, -0.05) is 0 Å². The highest BCUT2D eigenvalue weighted by atomic mass is 32.1. The fraction of sp³-hybridized carbons (Fsp3) is 0.667. The van der Waals surface area contributed by atoms with Gasteiger partial charge in [-0.05, 0) is 46.2 Å². The van der Waals surface area contributed by atoms with Crippen LogP contribution in [0, 0.1) is 13.8 Å². The summed E-state index contributed by atoms with van der Waals surface area (Å²) in [5.41, 5.74) is 1.33. The molecule has 1 aliphatic rings. The van der Waals surface area contributed by atoms with E-state index < -0.39 is 0 Å². The fourth-order valence-corrected chi connectivity index (χ4v) is 4.19. The van der Waals surface area contributed by atoms with E-state index in [1.165, 1.54) is 28.4 Å². The summed E-state index contributed by atoms with van der Waals surface area (Å²) in [5.74, 6) is 1.40. The van der Waals surface area contributed by atoms with Gasteiger partial charge < -0.3 is 4.42 Å². The predicted octanol–water partition coefficient (Wildman–Crippen LogP) is 3.08. The molecule has 0 amide bonds. The van der Waals surface area contributed by atoms with Gasteiger partial charge in [0.25, 0.3) is 0 Å². The van der Waals surface area contributed by atoms with Crippen LogP contribution in [-0.2, 0) is 12.8 Å². The number of hydrogen-bond acceptors (Lipinski definition) is 6. The highest BCUT2D eigenvalue weighted by Crippen LogP contribution is 2.37. The third-order valence-electron chi connectivity index (χ3n) is 4.03. The molecule has 0 unspecified atom stereocenters. The maximum atomic E-state index is 5.42. The Kier molecular flexibility index (Phi) is 4.35. The third kappa shape index (κ3) is 3.32. The van der Waals surface area contributed by atoms with Crippen molar-refractivity contribution in [1.82, 2.24) is 20.1 Å². The third-order valence-corrected chi connectivity index (χ3v) is 5.14. The molecule has 1 aliphatic carbocycles. The van der Waals surface area contributed by atoms with Gasteiger partial charge in [-0.15, -0.1) is 21.5 Å². The Morgan fingerprint density at radius 3 is 2.95 bits per heavy atom. The molecule has 0 spiro atoms. The van der Waals surface area contributed by atoms with Crippen LogP contribution in [0.2, 0.25) is 0 Å². The average Bonchev–Trinajstić information content (AvgIpc) is 3.02. The Morgan fingerprint density at radius 1 is 1.33 bits per heavy atom. The number of hydrogen-bond donors (Lipinski definition) is 0. The predicted molar refractivity (Wildman–Crippen MR) is 82.5 cm³/mol.